The highest BCUT2D eigenvalue weighted by Crippen LogP contribution is 2.55. The number of hydrogen-bond acceptors (Lipinski definition) is 11. The van der Waals surface area contributed by atoms with Gasteiger partial charge in [-0.2, -0.15) is 5.26 Å². The summed E-state index contributed by atoms with van der Waals surface area (Å²) in [6.45, 7) is 17.2. The molecular weight excluding hydrogens is 926 g/mol. The van der Waals surface area contributed by atoms with Crippen LogP contribution in [0.2, 0.25) is 5.02 Å². The van der Waals surface area contributed by atoms with Gasteiger partial charge in [-0.1, -0.05) is 96.5 Å². The fourth-order valence-electron chi connectivity index (χ4n) is 9.94. The third kappa shape index (κ3) is 11.6. The number of ether oxygens (including phenoxy) is 3. The van der Waals surface area contributed by atoms with Crippen molar-refractivity contribution >= 4 is 46.4 Å². The Balaban J connectivity index is 0.876. The number of Topliss-reactive ketones (excluding diaryl/α,β-unsaturated/α-hetero) is 1. The summed E-state index contributed by atoms with van der Waals surface area (Å²) in [6, 6.07) is 27.3. The maximum Gasteiger partial charge on any atom is 0.251 e. The van der Waals surface area contributed by atoms with Crippen LogP contribution in [-0.4, -0.2) is 82.0 Å². The number of benzene rings is 4. The minimum Gasteiger partial charge on any atom is -0.489 e. The number of carbonyl (C=O) groups excluding carboxylic acids is 4. The lowest BCUT2D eigenvalue weighted by molar-refractivity contribution is -0.164. The molecule has 1 saturated carbocycles. The number of thiazole rings is 1. The fraction of sp³-hybridized carbons (Fsp3) is 0.418. The number of aryl methyl sites for hydroxylation is 2. The van der Waals surface area contributed by atoms with Crippen molar-refractivity contribution in [2.75, 3.05) is 13.2 Å². The molecule has 15 heteroatoms. The molecule has 2 heterocycles. The number of halogens is 1. The first-order valence-corrected chi connectivity index (χ1v) is 24.8. The Bertz CT molecular complexity index is 2730. The van der Waals surface area contributed by atoms with E-state index in [0.29, 0.717) is 39.8 Å². The summed E-state index contributed by atoms with van der Waals surface area (Å²) in [7, 11) is 0. The SMILES string of the molecule is Cc1ncsc1-c1ccc(CCC(=O)[C@@H]2C[C@@H](O)CN2C(=O)[C@@H](NC(=O)CO[C@@H](C)c2ccc(Oc3ccc(C(=O)NC4C(C)(C)C(Oc5ccc(C#N)c(Cl)c5)C4(C)C)cc3)cc2)C(C)(C)C)cc1. The summed E-state index contributed by atoms with van der Waals surface area (Å²) in [4.78, 5) is 61.5. The van der Waals surface area contributed by atoms with E-state index in [1.54, 1.807) is 65.9 Å². The van der Waals surface area contributed by atoms with Crippen LogP contribution < -0.4 is 20.1 Å². The van der Waals surface area contributed by atoms with Crippen molar-refractivity contribution < 1.29 is 38.5 Å². The van der Waals surface area contributed by atoms with Gasteiger partial charge in [0.1, 0.15) is 42.1 Å². The number of aliphatic hydroxyl groups is 1. The number of nitrogens with zero attached hydrogens (tertiary/aromatic N) is 3. The van der Waals surface area contributed by atoms with Crippen molar-refractivity contribution in [3.63, 3.8) is 0 Å². The summed E-state index contributed by atoms with van der Waals surface area (Å²) in [6.07, 6.45) is -0.717. The first-order valence-electron chi connectivity index (χ1n) is 23.5. The van der Waals surface area contributed by atoms with Crippen LogP contribution in [-0.2, 0) is 25.5 Å². The van der Waals surface area contributed by atoms with Crippen LogP contribution in [0, 0.1) is 34.5 Å². The number of aromatic nitrogens is 1. The summed E-state index contributed by atoms with van der Waals surface area (Å²) < 4.78 is 18.4. The molecule has 3 N–H and O–H groups in total. The van der Waals surface area contributed by atoms with Gasteiger partial charge >= 0.3 is 0 Å². The molecule has 5 aromatic rings. The minimum absolute atomic E-state index is 0.00618. The lowest BCUT2D eigenvalue weighted by Crippen LogP contribution is -2.74. The van der Waals surface area contributed by atoms with E-state index >= 15 is 0 Å². The second kappa shape index (κ2) is 21.1. The molecule has 0 radical (unpaired) electrons. The maximum atomic E-state index is 14.1. The molecule has 4 aromatic carbocycles. The quantitative estimate of drug-likeness (QED) is 0.0812. The molecule has 0 spiro atoms. The predicted molar refractivity (Wildman–Crippen MR) is 270 cm³/mol. The first-order chi connectivity index (χ1) is 33.1. The molecule has 0 unspecified atom stereocenters. The van der Waals surface area contributed by atoms with Crippen molar-refractivity contribution in [1.82, 2.24) is 20.5 Å². The number of β-amino-alcohol motifs (C(OH)–C–C–N with tert-alkyl or cyclic N) is 1. The van der Waals surface area contributed by atoms with Gasteiger partial charge < -0.3 is 34.9 Å². The van der Waals surface area contributed by atoms with E-state index in [4.69, 9.17) is 25.8 Å². The van der Waals surface area contributed by atoms with Crippen LogP contribution >= 0.6 is 22.9 Å². The standard InChI is InChI=1S/C55H62ClN5O8S/c1-32-47(70-31-58-32)36-13-10-34(11-14-36)12-25-45(63)44-26-39(62)29-61(44)50(66)48(53(3,4)5)59-46(64)30-67-33(2)35-15-20-40(21-16-35)68-41-22-17-37(18-23-41)49(65)60-51-54(6,7)52(55(51,8)9)69-42-24-19-38(28-57)43(56)27-42/h10-11,13-24,27,31,33,39,44,48,51-52,62H,12,25-26,29-30H2,1-9H3,(H,59,64)(H,60,65)/t33-,39+,44-,48+,51?,52?/m0/s1. The molecule has 4 atom stereocenters. The second-order valence-corrected chi connectivity index (χ2v) is 21.9. The number of likely N-dealkylation sites (tertiary alicyclic amines) is 1. The first kappa shape index (κ1) is 51.7. The molecular formula is C55H62ClN5O8S. The molecule has 2 fully saturated rings. The van der Waals surface area contributed by atoms with Gasteiger partial charge in [-0.3, -0.25) is 19.2 Å². The summed E-state index contributed by atoms with van der Waals surface area (Å²) in [5.74, 6) is 0.405. The van der Waals surface area contributed by atoms with Crippen molar-refractivity contribution in [3.05, 3.63) is 129 Å². The van der Waals surface area contributed by atoms with Crippen LogP contribution in [0.1, 0.15) is 107 Å². The molecule has 1 saturated heterocycles. The number of rotatable bonds is 17. The van der Waals surface area contributed by atoms with E-state index in [9.17, 15) is 29.5 Å². The molecule has 2 aliphatic rings. The lowest BCUT2D eigenvalue weighted by atomic mass is 9.49. The molecule has 0 bridgehead atoms. The number of hydrogen-bond donors (Lipinski definition) is 3. The third-order valence-electron chi connectivity index (χ3n) is 13.6. The van der Waals surface area contributed by atoms with Gasteiger partial charge in [0.15, 0.2) is 5.78 Å². The van der Waals surface area contributed by atoms with Gasteiger partial charge in [0.2, 0.25) is 11.8 Å². The highest BCUT2D eigenvalue weighted by atomic mass is 35.5. The van der Waals surface area contributed by atoms with Gasteiger partial charge in [-0.15, -0.1) is 11.3 Å². The maximum absolute atomic E-state index is 14.1. The van der Waals surface area contributed by atoms with Crippen molar-refractivity contribution in [1.29, 1.82) is 5.26 Å². The van der Waals surface area contributed by atoms with Crippen molar-refractivity contribution in [3.8, 4) is 33.8 Å². The number of ketones is 1. The van der Waals surface area contributed by atoms with E-state index in [0.717, 1.165) is 27.3 Å². The molecule has 1 aliphatic heterocycles. The molecule has 1 aromatic heterocycles. The van der Waals surface area contributed by atoms with E-state index < -0.39 is 52.4 Å². The van der Waals surface area contributed by atoms with Crippen molar-refractivity contribution in [2.45, 2.75) is 118 Å². The number of carbonyl (C=O) groups is 4. The molecule has 1 aliphatic carbocycles. The van der Waals surface area contributed by atoms with E-state index in [1.807, 2.05) is 76.5 Å². The smallest absolute Gasteiger partial charge is 0.251 e. The van der Waals surface area contributed by atoms with E-state index in [2.05, 4.69) is 49.4 Å². The number of nitriles is 1. The normalized spacial score (nSPS) is 20.1. The molecule has 368 valence electrons. The Morgan fingerprint density at radius 3 is 2.16 bits per heavy atom. The lowest BCUT2D eigenvalue weighted by Gasteiger charge is -2.63. The van der Waals surface area contributed by atoms with E-state index in [-0.39, 0.29) is 49.8 Å². The molecule has 70 heavy (non-hydrogen) atoms. The highest BCUT2D eigenvalue weighted by Gasteiger charge is 2.64. The number of amides is 3. The van der Waals surface area contributed by atoms with Gasteiger partial charge in [0.25, 0.3) is 5.91 Å². The molecule has 7 rings (SSSR count). The molecule has 3 amide bonds. The zero-order valence-corrected chi connectivity index (χ0v) is 42.7. The van der Waals surface area contributed by atoms with Gasteiger partial charge in [0, 0.05) is 47.9 Å². The average molecular weight is 989 g/mol. The Morgan fingerprint density at radius 1 is 0.943 bits per heavy atom. The van der Waals surface area contributed by atoms with Crippen LogP contribution in [0.15, 0.2) is 96.5 Å². The Kier molecular flexibility index (Phi) is 15.6. The Morgan fingerprint density at radius 2 is 1.57 bits per heavy atom. The van der Waals surface area contributed by atoms with Crippen LogP contribution in [0.3, 0.4) is 0 Å². The van der Waals surface area contributed by atoms with Crippen molar-refractivity contribution in [2.24, 2.45) is 16.2 Å². The van der Waals surface area contributed by atoms with Crippen LogP contribution in [0.4, 0.5) is 0 Å². The molecule has 13 nitrogen and oxygen atoms in total. The zero-order valence-electron chi connectivity index (χ0n) is 41.2. The predicted octanol–water partition coefficient (Wildman–Crippen LogP) is 9.82. The second-order valence-electron chi connectivity index (χ2n) is 20.6. The van der Waals surface area contributed by atoms with Gasteiger partial charge in [-0.25, -0.2) is 4.98 Å². The highest BCUT2D eigenvalue weighted by molar-refractivity contribution is 7.13. The Hall–Kier alpha value is -6.11. The monoisotopic (exact) mass is 987 g/mol. The largest absolute Gasteiger partial charge is 0.489 e. The van der Waals surface area contributed by atoms with Crippen LogP contribution in [0.5, 0.6) is 17.2 Å². The third-order valence-corrected chi connectivity index (χ3v) is 14.9. The summed E-state index contributed by atoms with van der Waals surface area (Å²) in [5, 5.41) is 26.3. The topological polar surface area (TPSA) is 180 Å². The fourth-order valence-corrected chi connectivity index (χ4v) is 11.0. The van der Waals surface area contributed by atoms with E-state index in [1.165, 1.54) is 4.90 Å². The summed E-state index contributed by atoms with van der Waals surface area (Å²) >= 11 is 7.83. The minimum atomic E-state index is -0.972. The number of aliphatic hydroxyl groups excluding tert-OH is 1. The zero-order chi connectivity index (χ0) is 50.7. The Labute approximate surface area is 419 Å². The number of nitrogens with one attached hydrogen (secondary N) is 2. The van der Waals surface area contributed by atoms with Gasteiger partial charge in [-0.05, 0) is 90.9 Å². The average Bonchev–Trinajstić information content (AvgIpc) is 3.94. The van der Waals surface area contributed by atoms with Crippen LogP contribution in [0.25, 0.3) is 10.4 Å². The summed E-state index contributed by atoms with van der Waals surface area (Å²) in [5.41, 5.74) is 4.97. The van der Waals surface area contributed by atoms with Gasteiger partial charge in [0.05, 0.1) is 44.9 Å².